The molecule has 2 aliphatic carbocycles. The van der Waals surface area contributed by atoms with Crippen LogP contribution in [0, 0.1) is 43.9 Å². The Bertz CT molecular complexity index is 770. The third kappa shape index (κ3) is 12.6. The van der Waals surface area contributed by atoms with Crippen LogP contribution in [0.5, 0.6) is 0 Å². The van der Waals surface area contributed by atoms with E-state index in [0.29, 0.717) is 23.4 Å². The molecule has 0 aromatic rings. The summed E-state index contributed by atoms with van der Waals surface area (Å²) in [7, 11) is 0.213. The fraction of sp³-hybridized carbons (Fsp3) is 0.882. The van der Waals surface area contributed by atoms with E-state index in [2.05, 4.69) is 55.8 Å². The van der Waals surface area contributed by atoms with Crippen molar-refractivity contribution >= 4 is 26.5 Å². The van der Waals surface area contributed by atoms with Crippen molar-refractivity contribution in [2.24, 2.45) is 28.9 Å². The Hall–Kier alpha value is 1.19. The number of carbonyl (C=O) groups is 1. The van der Waals surface area contributed by atoms with Gasteiger partial charge in [-0.15, -0.1) is 0 Å². The monoisotopic (exact) mass is 714 g/mol. The van der Waals surface area contributed by atoms with E-state index in [1.54, 1.807) is 12.6 Å². The molecule has 0 aromatic carbocycles. The van der Waals surface area contributed by atoms with E-state index in [9.17, 15) is 4.79 Å². The number of rotatable bonds is 16. The van der Waals surface area contributed by atoms with E-state index >= 15 is 0 Å². The summed E-state index contributed by atoms with van der Waals surface area (Å²) in [5.41, 5.74) is 6.11. The standard InChI is InChI=1S/C28H54N4P.C5H9O2S.CH3.Y/c1-27-12-5-8-25(27)24-11-21-33-22-23(9-14-28(33,2)26(24)10-13-27)32-20-7-19-31-17-4-3-16-30-18-6-15-29;1-2-3-4(8)5(6)7;;/h12,23-26,30-32H,3-11,13-22,29H2,1-2H3;4,8H,1-3H2,(H,6,7);1H3;/q3*-1;+3. The van der Waals surface area contributed by atoms with Gasteiger partial charge in [-0.2, -0.15) is 30.9 Å². The Balaban J connectivity index is 0.000000817. The third-order valence-electron chi connectivity index (χ3n) is 10.9. The molecule has 0 amide bonds. The molecule has 8 unspecified atom stereocenters. The van der Waals surface area contributed by atoms with Crippen molar-refractivity contribution in [3.05, 3.63) is 20.8 Å². The average molecular weight is 715 g/mol. The molecule has 4 aliphatic rings. The maximum absolute atomic E-state index is 9.99. The predicted octanol–water partition coefficient (Wildman–Crippen LogP) is 6.16. The molecule has 0 bridgehead atoms. The number of aliphatic carboxylic acids is 1. The molecule has 8 atom stereocenters. The Kier molecular flexibility index (Phi) is 21.5. The Morgan fingerprint density at radius 1 is 1.02 bits per heavy atom. The third-order valence-corrected chi connectivity index (χ3v) is 15.1. The van der Waals surface area contributed by atoms with Gasteiger partial charge in [0.15, 0.2) is 0 Å². The summed E-state index contributed by atoms with van der Waals surface area (Å²) in [5, 5.41) is 19.4. The van der Waals surface area contributed by atoms with Crippen LogP contribution in [0.25, 0.3) is 0 Å². The Morgan fingerprint density at radius 2 is 1.70 bits per heavy atom. The van der Waals surface area contributed by atoms with Crippen LogP contribution < -0.4 is 21.7 Å². The fourth-order valence-corrected chi connectivity index (χ4v) is 12.4. The largest absolute Gasteiger partial charge is 3.00 e. The van der Waals surface area contributed by atoms with Crippen molar-refractivity contribution < 1.29 is 42.6 Å². The molecule has 9 heteroatoms. The van der Waals surface area contributed by atoms with E-state index < -0.39 is 11.2 Å². The van der Waals surface area contributed by atoms with Crippen molar-refractivity contribution in [1.82, 2.24) is 16.0 Å². The van der Waals surface area contributed by atoms with Crippen LogP contribution in [0.4, 0.5) is 0 Å². The second kappa shape index (κ2) is 21.9. The molecule has 0 aromatic heterocycles. The molecule has 0 radical (unpaired) electrons. The summed E-state index contributed by atoms with van der Waals surface area (Å²) in [4.78, 5) is 9.99. The average Bonchev–Trinajstić information content (AvgIpc) is 3.36. The zero-order chi connectivity index (χ0) is 29.7. The van der Waals surface area contributed by atoms with Gasteiger partial charge in [0.25, 0.3) is 0 Å². The van der Waals surface area contributed by atoms with Crippen molar-refractivity contribution in [3.63, 3.8) is 0 Å². The van der Waals surface area contributed by atoms with Gasteiger partial charge < -0.3 is 47.6 Å². The topological polar surface area (TPSA) is 99.4 Å². The minimum atomic E-state index is -0.864. The van der Waals surface area contributed by atoms with Crippen LogP contribution in [-0.4, -0.2) is 79.1 Å². The SMILES string of the molecule is CC12[CH-]CCC1C1CCP3CC(NCCCNCCCCNCCCN)CCC3(C)C1CC2.[CH2-]CCC(S)C(=O)O.[CH3-].[Y+3]. The van der Waals surface area contributed by atoms with Crippen LogP contribution in [0.15, 0.2) is 0 Å². The van der Waals surface area contributed by atoms with Crippen molar-refractivity contribution in [1.29, 1.82) is 0 Å². The molecule has 2 aliphatic heterocycles. The van der Waals surface area contributed by atoms with Crippen LogP contribution >= 0.6 is 20.6 Å². The van der Waals surface area contributed by atoms with E-state index in [1.165, 1.54) is 70.5 Å². The number of fused-ring (bicyclic) bond motifs is 5. The Morgan fingerprint density at radius 3 is 2.33 bits per heavy atom. The molecular formula is C34H66N4O2PSY. The molecule has 6 nitrogen and oxygen atoms in total. The molecule has 43 heavy (non-hydrogen) atoms. The van der Waals surface area contributed by atoms with Gasteiger partial charge in [0.05, 0.1) is 5.25 Å². The first-order valence-electron chi connectivity index (χ1n) is 16.9. The van der Waals surface area contributed by atoms with Gasteiger partial charge in [0.2, 0.25) is 0 Å². The van der Waals surface area contributed by atoms with Crippen molar-refractivity contribution in [2.45, 2.75) is 114 Å². The number of nitrogens with two attached hydrogens (primary N) is 1. The Labute approximate surface area is 298 Å². The smallest absolute Gasteiger partial charge is 0.480 e. The molecule has 0 spiro atoms. The first-order chi connectivity index (χ1) is 19.7. The molecule has 2 saturated heterocycles. The summed E-state index contributed by atoms with van der Waals surface area (Å²) < 4.78 is 0. The van der Waals surface area contributed by atoms with Gasteiger partial charge in [-0.3, -0.25) is 4.79 Å². The summed E-state index contributed by atoms with van der Waals surface area (Å²) in [5.74, 6) is 2.24. The zero-order valence-corrected chi connectivity index (χ0v) is 32.6. The zero-order valence-electron chi connectivity index (χ0n) is 27.9. The normalized spacial score (nSPS) is 33.4. The first kappa shape index (κ1) is 42.2. The van der Waals surface area contributed by atoms with E-state index in [0.717, 1.165) is 62.9 Å². The molecule has 4 rings (SSSR count). The van der Waals surface area contributed by atoms with Gasteiger partial charge in [0.1, 0.15) is 0 Å². The van der Waals surface area contributed by atoms with E-state index in [-0.39, 0.29) is 48.1 Å². The number of carboxylic acids is 1. The maximum Gasteiger partial charge on any atom is 3.00 e. The van der Waals surface area contributed by atoms with Crippen LogP contribution in [0.2, 0.25) is 0 Å². The number of nitrogens with one attached hydrogen (secondary N) is 3. The minimum absolute atomic E-state index is 0. The minimum Gasteiger partial charge on any atom is -0.480 e. The maximum atomic E-state index is 9.99. The summed E-state index contributed by atoms with van der Waals surface area (Å²) in [6.07, 6.45) is 22.2. The van der Waals surface area contributed by atoms with Gasteiger partial charge in [-0.05, 0) is 114 Å². The van der Waals surface area contributed by atoms with Gasteiger partial charge >= 0.3 is 38.7 Å². The van der Waals surface area contributed by atoms with Gasteiger partial charge in [-0.25, -0.2) is 0 Å². The molecule has 2 heterocycles. The van der Waals surface area contributed by atoms with Gasteiger partial charge in [-0.1, -0.05) is 53.4 Å². The molecule has 248 valence electrons. The molecule has 6 N–H and O–H groups in total. The molecule has 4 fully saturated rings. The quantitative estimate of drug-likeness (QED) is 0.0497. The number of carboxylic acid groups (broad SMARTS) is 1. The van der Waals surface area contributed by atoms with Crippen LogP contribution in [0.1, 0.15) is 97.3 Å². The van der Waals surface area contributed by atoms with Crippen molar-refractivity contribution in [3.8, 4) is 0 Å². The molecule has 2 saturated carbocycles. The van der Waals surface area contributed by atoms with Gasteiger partial charge in [0, 0.05) is 6.04 Å². The summed E-state index contributed by atoms with van der Waals surface area (Å²) in [6, 6.07) is 0.800. The van der Waals surface area contributed by atoms with Crippen molar-refractivity contribution in [2.75, 3.05) is 51.6 Å². The van der Waals surface area contributed by atoms with Crippen LogP contribution in [-0.2, 0) is 37.5 Å². The van der Waals surface area contributed by atoms with E-state index in [4.69, 9.17) is 10.8 Å². The van der Waals surface area contributed by atoms with E-state index in [1.807, 2.05) is 0 Å². The second-order valence-electron chi connectivity index (χ2n) is 13.7. The summed E-state index contributed by atoms with van der Waals surface area (Å²) >= 11 is 3.77. The second-order valence-corrected chi connectivity index (χ2v) is 17.2. The first-order valence-corrected chi connectivity index (χ1v) is 19.1. The number of hydrogen-bond acceptors (Lipinski definition) is 6. The number of unbranched alkanes of at least 4 members (excludes halogenated alkanes) is 1. The number of hydrogen-bond donors (Lipinski definition) is 6. The number of thiol groups is 1. The molecular weight excluding hydrogens is 648 g/mol. The van der Waals surface area contributed by atoms with Crippen LogP contribution in [0.3, 0.4) is 0 Å². The summed E-state index contributed by atoms with van der Waals surface area (Å²) in [6.45, 7) is 15.3. The predicted molar refractivity (Wildman–Crippen MR) is 187 cm³/mol. The fourth-order valence-electron chi connectivity index (χ4n) is 8.44.